The van der Waals surface area contributed by atoms with Crippen molar-refractivity contribution in [2.45, 2.75) is 31.6 Å². The van der Waals surface area contributed by atoms with E-state index >= 15 is 0 Å². The van der Waals surface area contributed by atoms with Crippen LogP contribution in [0.4, 0.5) is 0 Å². The Hall–Kier alpha value is -0.730. The molecule has 0 aliphatic carbocycles. The van der Waals surface area contributed by atoms with Crippen molar-refractivity contribution in [2.75, 3.05) is 0 Å². The van der Waals surface area contributed by atoms with Crippen molar-refractivity contribution in [3.05, 3.63) is 51.2 Å². The Morgan fingerprint density at radius 1 is 1.06 bits per heavy atom. The molecule has 0 saturated heterocycles. The number of rotatable bonds is 3. The van der Waals surface area contributed by atoms with E-state index in [9.17, 15) is 0 Å². The van der Waals surface area contributed by atoms with Crippen LogP contribution < -0.4 is 0 Å². The highest BCUT2D eigenvalue weighted by molar-refractivity contribution is 7.80. The predicted octanol–water partition coefficient (Wildman–Crippen LogP) is 4.44. The van der Waals surface area contributed by atoms with Crippen molar-refractivity contribution in [3.8, 4) is 0 Å². The maximum atomic E-state index is 4.45. The first-order valence-corrected chi connectivity index (χ1v) is 6.75. The van der Waals surface area contributed by atoms with E-state index in [0.717, 1.165) is 17.7 Å². The highest BCUT2D eigenvalue weighted by atomic mass is 32.1. The third kappa shape index (κ3) is 2.89. The van der Waals surface area contributed by atoms with Crippen molar-refractivity contribution in [1.29, 1.82) is 0 Å². The summed E-state index contributed by atoms with van der Waals surface area (Å²) in [5.74, 6) is 0. The lowest BCUT2D eigenvalue weighted by molar-refractivity contribution is 0.972. The van der Waals surface area contributed by atoms with Crippen LogP contribution in [0.2, 0.25) is 0 Å². The third-order valence-corrected chi connectivity index (χ3v) is 4.27. The molecule has 0 saturated carbocycles. The second-order valence-electron chi connectivity index (χ2n) is 4.13. The number of benzene rings is 1. The highest BCUT2D eigenvalue weighted by Crippen LogP contribution is 2.19. The number of thiophene rings is 1. The van der Waals surface area contributed by atoms with E-state index in [0.29, 0.717) is 0 Å². The van der Waals surface area contributed by atoms with E-state index in [1.807, 2.05) is 11.3 Å². The summed E-state index contributed by atoms with van der Waals surface area (Å²) < 4.78 is 0. The molecule has 84 valence electrons. The van der Waals surface area contributed by atoms with E-state index in [1.165, 1.54) is 20.9 Å². The van der Waals surface area contributed by atoms with Gasteiger partial charge in [0.25, 0.3) is 0 Å². The number of hydrogen-bond donors (Lipinski definition) is 1. The Bertz CT molecular complexity index is 483. The average molecular weight is 248 g/mol. The summed E-state index contributed by atoms with van der Waals surface area (Å²) in [5, 5.41) is 0. The van der Waals surface area contributed by atoms with Gasteiger partial charge in [-0.3, -0.25) is 0 Å². The van der Waals surface area contributed by atoms with Crippen LogP contribution in [0.5, 0.6) is 0 Å². The zero-order valence-corrected chi connectivity index (χ0v) is 11.4. The van der Waals surface area contributed by atoms with Gasteiger partial charge in [0.2, 0.25) is 0 Å². The Morgan fingerprint density at radius 3 is 2.50 bits per heavy atom. The minimum Gasteiger partial charge on any atom is -0.146 e. The lowest BCUT2D eigenvalue weighted by atomic mass is 10.1. The molecule has 0 radical (unpaired) electrons. The van der Waals surface area contributed by atoms with Crippen LogP contribution in [-0.4, -0.2) is 0 Å². The van der Waals surface area contributed by atoms with Gasteiger partial charge in [0.15, 0.2) is 0 Å². The van der Waals surface area contributed by atoms with Gasteiger partial charge < -0.3 is 0 Å². The number of thiol groups is 1. The molecule has 0 amide bonds. The van der Waals surface area contributed by atoms with Gasteiger partial charge in [-0.15, -0.1) is 24.0 Å². The Morgan fingerprint density at radius 2 is 1.88 bits per heavy atom. The summed E-state index contributed by atoms with van der Waals surface area (Å²) in [5.41, 5.74) is 2.63. The van der Waals surface area contributed by atoms with Crippen LogP contribution in [0, 0.1) is 13.8 Å². The SMILES string of the molecule is Cc1ccc(CCc2ccc(C)c(S)c2)s1. The van der Waals surface area contributed by atoms with Crippen molar-refractivity contribution in [3.63, 3.8) is 0 Å². The van der Waals surface area contributed by atoms with Gasteiger partial charge >= 0.3 is 0 Å². The van der Waals surface area contributed by atoms with Crippen molar-refractivity contribution in [2.24, 2.45) is 0 Å². The molecule has 16 heavy (non-hydrogen) atoms. The first-order valence-electron chi connectivity index (χ1n) is 5.49. The maximum absolute atomic E-state index is 4.45. The molecule has 0 bridgehead atoms. The highest BCUT2D eigenvalue weighted by Gasteiger charge is 2.00. The average Bonchev–Trinajstić information content (AvgIpc) is 2.66. The molecular weight excluding hydrogens is 232 g/mol. The molecule has 0 aliphatic heterocycles. The molecule has 2 aromatic rings. The Labute approximate surface area is 107 Å². The second-order valence-corrected chi connectivity index (χ2v) is 5.99. The second kappa shape index (κ2) is 5.07. The van der Waals surface area contributed by atoms with Gasteiger partial charge in [-0.2, -0.15) is 0 Å². The van der Waals surface area contributed by atoms with Crippen molar-refractivity contribution < 1.29 is 0 Å². The fourth-order valence-electron chi connectivity index (χ4n) is 1.70. The standard InChI is InChI=1S/C14H16S2/c1-10-3-5-12(9-14(10)15)6-8-13-7-4-11(2)16-13/h3-5,7,9,15H,6,8H2,1-2H3. The van der Waals surface area contributed by atoms with Gasteiger partial charge in [-0.1, -0.05) is 12.1 Å². The molecule has 0 spiro atoms. The largest absolute Gasteiger partial charge is 0.146 e. The lowest BCUT2D eigenvalue weighted by Gasteiger charge is -2.03. The van der Waals surface area contributed by atoms with Gasteiger partial charge in [-0.25, -0.2) is 0 Å². The van der Waals surface area contributed by atoms with Crippen LogP contribution >= 0.6 is 24.0 Å². The van der Waals surface area contributed by atoms with Crippen LogP contribution in [0.1, 0.15) is 20.9 Å². The summed E-state index contributed by atoms with van der Waals surface area (Å²) in [6, 6.07) is 11.0. The van der Waals surface area contributed by atoms with E-state index in [1.54, 1.807) is 0 Å². The van der Waals surface area contributed by atoms with Crippen LogP contribution in [0.15, 0.2) is 35.2 Å². The van der Waals surface area contributed by atoms with Crippen LogP contribution in [0.25, 0.3) is 0 Å². The molecule has 0 aliphatic rings. The van der Waals surface area contributed by atoms with E-state index in [-0.39, 0.29) is 0 Å². The first-order chi connectivity index (χ1) is 7.65. The molecular formula is C14H16S2. The summed E-state index contributed by atoms with van der Waals surface area (Å²) in [6.45, 7) is 4.25. The molecule has 1 heterocycles. The zero-order chi connectivity index (χ0) is 11.5. The van der Waals surface area contributed by atoms with Crippen molar-refractivity contribution in [1.82, 2.24) is 0 Å². The predicted molar refractivity (Wildman–Crippen MR) is 74.9 cm³/mol. The number of hydrogen-bond acceptors (Lipinski definition) is 2. The van der Waals surface area contributed by atoms with Crippen LogP contribution in [0.3, 0.4) is 0 Å². The molecule has 1 aromatic carbocycles. The van der Waals surface area contributed by atoms with Crippen LogP contribution in [-0.2, 0) is 12.8 Å². The van der Waals surface area contributed by atoms with Gasteiger partial charge in [-0.05, 0) is 56.0 Å². The van der Waals surface area contributed by atoms with E-state index < -0.39 is 0 Å². The minimum atomic E-state index is 1.10. The molecule has 0 atom stereocenters. The van der Waals surface area contributed by atoms with Gasteiger partial charge in [0.05, 0.1) is 0 Å². The van der Waals surface area contributed by atoms with Crippen molar-refractivity contribution >= 4 is 24.0 Å². The topological polar surface area (TPSA) is 0 Å². The lowest BCUT2D eigenvalue weighted by Crippen LogP contribution is -1.89. The van der Waals surface area contributed by atoms with Gasteiger partial charge in [0, 0.05) is 14.6 Å². The van der Waals surface area contributed by atoms with E-state index in [2.05, 4.69) is 56.8 Å². The Kier molecular flexibility index (Phi) is 3.72. The summed E-state index contributed by atoms with van der Waals surface area (Å²) in [6.07, 6.45) is 2.24. The molecule has 2 heteroatoms. The summed E-state index contributed by atoms with van der Waals surface area (Å²) >= 11 is 6.35. The molecule has 0 N–H and O–H groups in total. The molecule has 2 rings (SSSR count). The first kappa shape index (κ1) is 11.7. The van der Waals surface area contributed by atoms with E-state index in [4.69, 9.17) is 0 Å². The zero-order valence-electron chi connectivity index (χ0n) is 9.66. The Balaban J connectivity index is 2.02. The minimum absolute atomic E-state index is 1.10. The quantitative estimate of drug-likeness (QED) is 0.763. The van der Waals surface area contributed by atoms with Gasteiger partial charge in [0.1, 0.15) is 0 Å². The fourth-order valence-corrected chi connectivity index (χ4v) is 2.83. The smallest absolute Gasteiger partial charge is 0.00719 e. The normalized spacial score (nSPS) is 10.7. The molecule has 1 aromatic heterocycles. The molecule has 0 unspecified atom stereocenters. The summed E-state index contributed by atoms with van der Waals surface area (Å²) in [4.78, 5) is 3.97. The number of aryl methyl sites for hydroxylation is 4. The maximum Gasteiger partial charge on any atom is 0.00719 e. The molecule has 0 fully saturated rings. The fraction of sp³-hybridized carbons (Fsp3) is 0.286. The summed E-state index contributed by atoms with van der Waals surface area (Å²) in [7, 11) is 0. The molecule has 0 nitrogen and oxygen atoms in total. The third-order valence-electron chi connectivity index (χ3n) is 2.73. The monoisotopic (exact) mass is 248 g/mol.